The molecule has 0 aromatic carbocycles. The van der Waals surface area contributed by atoms with Crippen LogP contribution in [0.3, 0.4) is 0 Å². The molecule has 100 valence electrons. The van der Waals surface area contributed by atoms with E-state index in [-0.39, 0.29) is 22.9 Å². The van der Waals surface area contributed by atoms with E-state index in [1.165, 1.54) is 0 Å². The molecule has 0 bridgehead atoms. The predicted octanol–water partition coefficient (Wildman–Crippen LogP) is 2.57. The molecule has 0 saturated carbocycles. The van der Waals surface area contributed by atoms with E-state index >= 15 is 0 Å². The minimum absolute atomic E-state index is 0.0869. The van der Waals surface area contributed by atoms with Crippen molar-refractivity contribution in [2.75, 3.05) is 5.32 Å². The number of carboxylic acids is 1. The SMILES string of the molecule is CC(C)(C)C(CC(=O)O)Nc1nc(Cl)ncc1F. The molecule has 1 atom stereocenters. The number of carbonyl (C=O) groups is 1. The van der Waals surface area contributed by atoms with Crippen molar-refractivity contribution >= 4 is 23.4 Å². The molecular formula is C11H15ClFN3O2. The van der Waals surface area contributed by atoms with Gasteiger partial charge in [-0.1, -0.05) is 20.8 Å². The van der Waals surface area contributed by atoms with E-state index < -0.39 is 17.8 Å². The number of aliphatic carboxylic acids is 1. The molecule has 0 fully saturated rings. The Labute approximate surface area is 109 Å². The number of aromatic nitrogens is 2. The first kappa shape index (κ1) is 14.6. The highest BCUT2D eigenvalue weighted by Gasteiger charge is 2.28. The van der Waals surface area contributed by atoms with Gasteiger partial charge in [-0.2, -0.15) is 4.98 Å². The van der Waals surface area contributed by atoms with Gasteiger partial charge in [-0.15, -0.1) is 0 Å². The highest BCUT2D eigenvalue weighted by molar-refractivity contribution is 6.28. The maximum absolute atomic E-state index is 13.5. The summed E-state index contributed by atoms with van der Waals surface area (Å²) in [6, 6.07) is -0.476. The van der Waals surface area contributed by atoms with Gasteiger partial charge in [0.15, 0.2) is 11.6 Å². The first-order chi connectivity index (χ1) is 8.20. The van der Waals surface area contributed by atoms with Crippen LogP contribution < -0.4 is 5.32 Å². The maximum Gasteiger partial charge on any atom is 0.305 e. The van der Waals surface area contributed by atoms with E-state index in [1.54, 1.807) is 0 Å². The summed E-state index contributed by atoms with van der Waals surface area (Å²) in [4.78, 5) is 18.0. The molecule has 0 aliphatic heterocycles. The van der Waals surface area contributed by atoms with Crippen molar-refractivity contribution in [1.29, 1.82) is 0 Å². The summed E-state index contributed by atoms with van der Waals surface area (Å²) in [5, 5.41) is 11.5. The molecular weight excluding hydrogens is 261 g/mol. The second-order valence-electron chi connectivity index (χ2n) is 5.00. The van der Waals surface area contributed by atoms with E-state index in [0.29, 0.717) is 0 Å². The van der Waals surface area contributed by atoms with Crippen molar-refractivity contribution in [3.8, 4) is 0 Å². The fourth-order valence-corrected chi connectivity index (χ4v) is 1.49. The zero-order valence-electron chi connectivity index (χ0n) is 10.4. The molecule has 0 spiro atoms. The lowest BCUT2D eigenvalue weighted by Gasteiger charge is -2.30. The van der Waals surface area contributed by atoms with Gasteiger partial charge in [-0.25, -0.2) is 9.37 Å². The molecule has 0 radical (unpaired) electrons. The van der Waals surface area contributed by atoms with Crippen LogP contribution in [0.4, 0.5) is 10.2 Å². The van der Waals surface area contributed by atoms with E-state index in [0.717, 1.165) is 6.20 Å². The Morgan fingerprint density at radius 1 is 1.61 bits per heavy atom. The van der Waals surface area contributed by atoms with Crippen LogP contribution in [0.25, 0.3) is 0 Å². The third-order valence-electron chi connectivity index (χ3n) is 2.45. The van der Waals surface area contributed by atoms with E-state index in [1.807, 2.05) is 20.8 Å². The number of rotatable bonds is 4. The van der Waals surface area contributed by atoms with Gasteiger partial charge in [0, 0.05) is 6.04 Å². The number of halogens is 2. The molecule has 0 aliphatic carbocycles. The molecule has 2 N–H and O–H groups in total. The minimum atomic E-state index is -0.969. The van der Waals surface area contributed by atoms with Crippen LogP contribution in [0, 0.1) is 11.2 Å². The molecule has 1 heterocycles. The summed E-state index contributed by atoms with van der Waals surface area (Å²) >= 11 is 5.58. The van der Waals surface area contributed by atoms with Crippen LogP contribution in [0.2, 0.25) is 5.28 Å². The standard InChI is InChI=1S/C11H15ClFN3O2/c1-11(2,3)7(4-8(17)18)15-9-6(13)5-14-10(12)16-9/h5,7H,4H2,1-3H3,(H,17,18)(H,14,15,16). The average Bonchev–Trinajstić information content (AvgIpc) is 2.20. The molecule has 1 rings (SSSR count). The topological polar surface area (TPSA) is 75.1 Å². The van der Waals surface area contributed by atoms with E-state index in [2.05, 4.69) is 15.3 Å². The molecule has 7 heteroatoms. The van der Waals surface area contributed by atoms with E-state index in [4.69, 9.17) is 16.7 Å². The summed E-state index contributed by atoms with van der Waals surface area (Å²) < 4.78 is 13.5. The Morgan fingerprint density at radius 3 is 2.72 bits per heavy atom. The number of hydrogen-bond donors (Lipinski definition) is 2. The van der Waals surface area contributed by atoms with Gasteiger partial charge in [0.05, 0.1) is 12.6 Å². The number of nitrogens with one attached hydrogen (secondary N) is 1. The fraction of sp³-hybridized carbons (Fsp3) is 0.545. The second kappa shape index (κ2) is 5.48. The zero-order chi connectivity index (χ0) is 13.9. The van der Waals surface area contributed by atoms with Gasteiger partial charge in [0.2, 0.25) is 5.28 Å². The normalized spacial score (nSPS) is 13.2. The molecule has 0 aliphatic rings. The van der Waals surface area contributed by atoms with Crippen molar-refractivity contribution in [1.82, 2.24) is 9.97 Å². The average molecular weight is 276 g/mol. The minimum Gasteiger partial charge on any atom is -0.481 e. The molecule has 5 nitrogen and oxygen atoms in total. The monoisotopic (exact) mass is 275 g/mol. The summed E-state index contributed by atoms with van der Waals surface area (Å²) in [6.45, 7) is 5.57. The second-order valence-corrected chi connectivity index (χ2v) is 5.33. The molecule has 1 aromatic heterocycles. The Kier molecular flexibility index (Phi) is 4.45. The summed E-state index contributed by atoms with van der Waals surface area (Å²) in [5.74, 6) is -1.72. The third-order valence-corrected chi connectivity index (χ3v) is 2.63. The predicted molar refractivity (Wildman–Crippen MR) is 66.1 cm³/mol. The van der Waals surface area contributed by atoms with Gasteiger partial charge >= 0.3 is 5.97 Å². The summed E-state index contributed by atoms with van der Waals surface area (Å²) in [5.41, 5.74) is -0.373. The van der Waals surface area contributed by atoms with Gasteiger partial charge in [0.1, 0.15) is 0 Å². The fourth-order valence-electron chi connectivity index (χ4n) is 1.36. The van der Waals surface area contributed by atoms with Crippen molar-refractivity contribution in [2.24, 2.45) is 5.41 Å². The van der Waals surface area contributed by atoms with Crippen molar-refractivity contribution in [3.63, 3.8) is 0 Å². The van der Waals surface area contributed by atoms with Crippen LogP contribution in [-0.4, -0.2) is 27.1 Å². The van der Waals surface area contributed by atoms with Crippen LogP contribution in [0.15, 0.2) is 6.20 Å². The first-order valence-corrected chi connectivity index (χ1v) is 5.74. The lowest BCUT2D eigenvalue weighted by Crippen LogP contribution is -2.36. The maximum atomic E-state index is 13.5. The lowest BCUT2D eigenvalue weighted by atomic mass is 9.85. The zero-order valence-corrected chi connectivity index (χ0v) is 11.1. The highest BCUT2D eigenvalue weighted by Crippen LogP contribution is 2.26. The Hall–Kier alpha value is -1.43. The largest absolute Gasteiger partial charge is 0.481 e. The van der Waals surface area contributed by atoms with Gasteiger partial charge < -0.3 is 10.4 Å². The molecule has 1 aromatic rings. The number of hydrogen-bond acceptors (Lipinski definition) is 4. The van der Waals surface area contributed by atoms with Gasteiger partial charge in [0.25, 0.3) is 0 Å². The lowest BCUT2D eigenvalue weighted by molar-refractivity contribution is -0.137. The van der Waals surface area contributed by atoms with Crippen LogP contribution >= 0.6 is 11.6 Å². The van der Waals surface area contributed by atoms with Crippen molar-refractivity contribution < 1.29 is 14.3 Å². The van der Waals surface area contributed by atoms with Crippen LogP contribution in [0.5, 0.6) is 0 Å². The van der Waals surface area contributed by atoms with Crippen LogP contribution in [-0.2, 0) is 4.79 Å². The smallest absolute Gasteiger partial charge is 0.305 e. The van der Waals surface area contributed by atoms with Gasteiger partial charge in [-0.3, -0.25) is 4.79 Å². The number of carboxylic acid groups (broad SMARTS) is 1. The number of nitrogens with zero attached hydrogens (tertiary/aromatic N) is 2. The highest BCUT2D eigenvalue weighted by atomic mass is 35.5. The first-order valence-electron chi connectivity index (χ1n) is 5.36. The Balaban J connectivity index is 2.96. The molecule has 1 unspecified atom stereocenters. The summed E-state index contributed by atoms with van der Waals surface area (Å²) in [6.07, 6.45) is 0.794. The molecule has 18 heavy (non-hydrogen) atoms. The molecule has 0 saturated heterocycles. The quantitative estimate of drug-likeness (QED) is 0.826. The summed E-state index contributed by atoms with van der Waals surface area (Å²) in [7, 11) is 0. The molecule has 0 amide bonds. The van der Waals surface area contributed by atoms with Crippen LogP contribution in [0.1, 0.15) is 27.2 Å². The van der Waals surface area contributed by atoms with Gasteiger partial charge in [-0.05, 0) is 17.0 Å². The Morgan fingerprint density at radius 2 is 2.22 bits per heavy atom. The number of anilines is 1. The Bertz CT molecular complexity index is 448. The van der Waals surface area contributed by atoms with Crippen molar-refractivity contribution in [2.45, 2.75) is 33.2 Å². The van der Waals surface area contributed by atoms with Crippen molar-refractivity contribution in [3.05, 3.63) is 17.3 Å². The van der Waals surface area contributed by atoms with E-state index in [9.17, 15) is 9.18 Å². The third kappa shape index (κ3) is 4.10.